The molecule has 1 aliphatic heterocycles. The van der Waals surface area contributed by atoms with Gasteiger partial charge in [-0.25, -0.2) is 13.4 Å². The number of carbonyl (C=O) groups excluding carboxylic acids is 1. The Balaban J connectivity index is 1.42. The van der Waals surface area contributed by atoms with Crippen LogP contribution in [0.2, 0.25) is 0 Å². The van der Waals surface area contributed by atoms with Gasteiger partial charge in [0.2, 0.25) is 10.0 Å². The fourth-order valence-electron chi connectivity index (χ4n) is 3.22. The first-order valence-corrected chi connectivity index (χ1v) is 11.6. The molecule has 0 aliphatic carbocycles. The second-order valence-corrected chi connectivity index (χ2v) is 9.84. The maximum Gasteiger partial charge on any atom is 0.251 e. The largest absolute Gasteiger partial charge is 0.462 e. The maximum absolute atomic E-state index is 12.6. The Hall–Kier alpha value is -2.49. The van der Waals surface area contributed by atoms with Gasteiger partial charge in [0.1, 0.15) is 0 Å². The van der Waals surface area contributed by atoms with Gasteiger partial charge in [-0.2, -0.15) is 4.31 Å². The van der Waals surface area contributed by atoms with E-state index in [-0.39, 0.29) is 10.8 Å². The molecular formula is C20H21N3O4S2. The van der Waals surface area contributed by atoms with Crippen molar-refractivity contribution in [2.24, 2.45) is 0 Å². The smallest absolute Gasteiger partial charge is 0.251 e. The van der Waals surface area contributed by atoms with Crippen molar-refractivity contribution in [1.29, 1.82) is 0 Å². The maximum atomic E-state index is 12.6. The van der Waals surface area contributed by atoms with Gasteiger partial charge in [0, 0.05) is 23.5 Å². The summed E-state index contributed by atoms with van der Waals surface area (Å²) in [5, 5.41) is 3.64. The molecule has 1 saturated heterocycles. The lowest BCUT2D eigenvalue weighted by Crippen LogP contribution is -2.28. The Labute approximate surface area is 173 Å². The van der Waals surface area contributed by atoms with E-state index in [1.54, 1.807) is 24.5 Å². The standard InChI is InChI=1S/C20H21N3O4S2/c1-14-18(28-20(22-14)17-5-4-12-27-17)13-21-19(24)15-6-8-16(9-7-15)29(25,26)23-10-2-3-11-23/h4-9,12H,2-3,10-11,13H2,1H3,(H,21,24). The van der Waals surface area contributed by atoms with E-state index in [4.69, 9.17) is 4.42 Å². The molecule has 1 fully saturated rings. The summed E-state index contributed by atoms with van der Waals surface area (Å²) >= 11 is 1.47. The van der Waals surface area contributed by atoms with Crippen molar-refractivity contribution in [3.8, 4) is 10.8 Å². The number of hydrogen-bond donors (Lipinski definition) is 1. The minimum absolute atomic E-state index is 0.220. The van der Waals surface area contributed by atoms with Crippen LogP contribution < -0.4 is 5.32 Å². The summed E-state index contributed by atoms with van der Waals surface area (Å²) < 4.78 is 32.0. The van der Waals surface area contributed by atoms with E-state index in [0.29, 0.717) is 31.0 Å². The molecule has 0 radical (unpaired) electrons. The molecule has 3 heterocycles. The number of furan rings is 1. The molecule has 9 heteroatoms. The molecule has 29 heavy (non-hydrogen) atoms. The van der Waals surface area contributed by atoms with Crippen LogP contribution >= 0.6 is 11.3 Å². The van der Waals surface area contributed by atoms with Crippen molar-refractivity contribution in [2.75, 3.05) is 13.1 Å². The zero-order valence-corrected chi connectivity index (χ0v) is 17.6. The lowest BCUT2D eigenvalue weighted by atomic mass is 10.2. The number of nitrogens with zero attached hydrogens (tertiary/aromatic N) is 2. The molecule has 0 unspecified atom stereocenters. The van der Waals surface area contributed by atoms with Crippen LogP contribution in [0.5, 0.6) is 0 Å². The van der Waals surface area contributed by atoms with E-state index < -0.39 is 10.0 Å². The number of thiazole rings is 1. The van der Waals surface area contributed by atoms with E-state index in [1.165, 1.54) is 27.8 Å². The van der Waals surface area contributed by atoms with Crippen LogP contribution in [0.25, 0.3) is 10.8 Å². The minimum Gasteiger partial charge on any atom is -0.462 e. The second-order valence-electron chi connectivity index (χ2n) is 6.82. The number of aryl methyl sites for hydroxylation is 1. The number of sulfonamides is 1. The summed E-state index contributed by atoms with van der Waals surface area (Å²) in [6, 6.07) is 9.74. The Morgan fingerprint density at radius 1 is 1.21 bits per heavy atom. The van der Waals surface area contributed by atoms with Crippen molar-refractivity contribution in [3.05, 3.63) is 58.8 Å². The highest BCUT2D eigenvalue weighted by Gasteiger charge is 2.27. The van der Waals surface area contributed by atoms with Crippen LogP contribution in [0.15, 0.2) is 52.0 Å². The van der Waals surface area contributed by atoms with Crippen molar-refractivity contribution in [3.63, 3.8) is 0 Å². The first-order valence-electron chi connectivity index (χ1n) is 9.34. The van der Waals surface area contributed by atoms with Gasteiger partial charge in [-0.05, 0) is 56.2 Å². The molecular weight excluding hydrogens is 410 g/mol. The minimum atomic E-state index is -3.47. The lowest BCUT2D eigenvalue weighted by Gasteiger charge is -2.15. The van der Waals surface area contributed by atoms with E-state index >= 15 is 0 Å². The van der Waals surface area contributed by atoms with Crippen molar-refractivity contribution in [2.45, 2.75) is 31.2 Å². The number of benzene rings is 1. The second kappa shape index (κ2) is 8.10. The molecule has 1 N–H and O–H groups in total. The molecule has 7 nitrogen and oxygen atoms in total. The highest BCUT2D eigenvalue weighted by Crippen LogP contribution is 2.28. The van der Waals surface area contributed by atoms with Crippen molar-refractivity contribution < 1.29 is 17.6 Å². The fourth-order valence-corrected chi connectivity index (χ4v) is 5.70. The number of aromatic nitrogens is 1. The summed E-state index contributed by atoms with van der Waals surface area (Å²) in [6.45, 7) is 3.34. The van der Waals surface area contributed by atoms with Crippen LogP contribution in [0.1, 0.15) is 33.8 Å². The van der Waals surface area contributed by atoms with Crippen LogP contribution in [-0.2, 0) is 16.6 Å². The van der Waals surface area contributed by atoms with Crippen LogP contribution in [0.3, 0.4) is 0 Å². The highest BCUT2D eigenvalue weighted by atomic mass is 32.2. The Kier molecular flexibility index (Phi) is 5.53. The predicted molar refractivity (Wildman–Crippen MR) is 110 cm³/mol. The van der Waals surface area contributed by atoms with E-state index in [9.17, 15) is 13.2 Å². The molecule has 0 bridgehead atoms. The van der Waals surface area contributed by atoms with Gasteiger partial charge in [-0.15, -0.1) is 11.3 Å². The first-order chi connectivity index (χ1) is 13.9. The van der Waals surface area contributed by atoms with Crippen molar-refractivity contribution in [1.82, 2.24) is 14.6 Å². The summed E-state index contributed by atoms with van der Waals surface area (Å²) in [4.78, 5) is 18.1. The fraction of sp³-hybridized carbons (Fsp3) is 0.300. The molecule has 0 spiro atoms. The zero-order valence-electron chi connectivity index (χ0n) is 15.9. The van der Waals surface area contributed by atoms with Gasteiger partial charge in [0.25, 0.3) is 5.91 Å². The van der Waals surface area contributed by atoms with Gasteiger partial charge >= 0.3 is 0 Å². The summed E-state index contributed by atoms with van der Waals surface area (Å²) in [5.74, 6) is 0.438. The summed E-state index contributed by atoms with van der Waals surface area (Å²) in [7, 11) is -3.47. The number of hydrogen-bond acceptors (Lipinski definition) is 6. The highest BCUT2D eigenvalue weighted by molar-refractivity contribution is 7.89. The molecule has 0 saturated carbocycles. The third kappa shape index (κ3) is 4.12. The summed E-state index contributed by atoms with van der Waals surface area (Å²) in [6.07, 6.45) is 3.37. The SMILES string of the molecule is Cc1nc(-c2ccco2)sc1CNC(=O)c1ccc(S(=O)(=O)N2CCCC2)cc1. The van der Waals surface area contributed by atoms with Gasteiger partial charge in [0.15, 0.2) is 10.8 Å². The first kappa shape index (κ1) is 19.8. The zero-order chi connectivity index (χ0) is 20.4. The average Bonchev–Trinajstić information content (AvgIpc) is 3.47. The predicted octanol–water partition coefficient (Wildman–Crippen LogP) is 3.43. The average molecular weight is 432 g/mol. The number of amides is 1. The molecule has 152 valence electrons. The molecule has 2 aromatic heterocycles. The van der Waals surface area contributed by atoms with E-state index in [0.717, 1.165) is 28.4 Å². The quantitative estimate of drug-likeness (QED) is 0.646. The Morgan fingerprint density at radius 3 is 2.59 bits per heavy atom. The molecule has 1 aromatic carbocycles. The monoisotopic (exact) mass is 431 g/mol. The molecule has 1 aliphatic rings. The number of carbonyl (C=O) groups is 1. The molecule has 4 rings (SSSR count). The van der Waals surface area contributed by atoms with Crippen LogP contribution in [-0.4, -0.2) is 36.7 Å². The van der Waals surface area contributed by atoms with Crippen molar-refractivity contribution >= 4 is 27.3 Å². The molecule has 1 amide bonds. The van der Waals surface area contributed by atoms with Gasteiger partial charge in [-0.3, -0.25) is 4.79 Å². The van der Waals surface area contributed by atoms with Gasteiger partial charge < -0.3 is 9.73 Å². The third-order valence-corrected chi connectivity index (χ3v) is 7.94. The third-order valence-electron chi connectivity index (χ3n) is 4.85. The van der Waals surface area contributed by atoms with E-state index in [1.807, 2.05) is 13.0 Å². The van der Waals surface area contributed by atoms with E-state index in [2.05, 4.69) is 10.3 Å². The lowest BCUT2D eigenvalue weighted by molar-refractivity contribution is 0.0951. The summed E-state index contributed by atoms with van der Waals surface area (Å²) in [5.41, 5.74) is 1.26. The Morgan fingerprint density at radius 2 is 1.93 bits per heavy atom. The molecule has 3 aromatic rings. The number of rotatable bonds is 6. The number of nitrogens with one attached hydrogen (secondary N) is 1. The molecule has 0 atom stereocenters. The Bertz CT molecular complexity index is 1100. The van der Waals surface area contributed by atoms with Crippen LogP contribution in [0.4, 0.5) is 0 Å². The normalized spacial score (nSPS) is 14.9. The van der Waals surface area contributed by atoms with Gasteiger partial charge in [0.05, 0.1) is 23.4 Å². The van der Waals surface area contributed by atoms with Gasteiger partial charge in [-0.1, -0.05) is 0 Å². The topological polar surface area (TPSA) is 92.5 Å². The van der Waals surface area contributed by atoms with Crippen LogP contribution in [0, 0.1) is 6.92 Å².